The highest BCUT2D eigenvalue weighted by Crippen LogP contribution is 2.32. The maximum absolute atomic E-state index is 12.0. The van der Waals surface area contributed by atoms with E-state index in [1.807, 2.05) is 36.4 Å². The Morgan fingerprint density at radius 2 is 1.96 bits per heavy atom. The third-order valence-corrected chi connectivity index (χ3v) is 4.43. The van der Waals surface area contributed by atoms with Crippen molar-refractivity contribution < 1.29 is 9.53 Å². The van der Waals surface area contributed by atoms with E-state index < -0.39 is 5.91 Å². The molecule has 1 aromatic heterocycles. The quantitative estimate of drug-likeness (QED) is 0.389. The summed E-state index contributed by atoms with van der Waals surface area (Å²) in [6.07, 6.45) is 0.699. The fourth-order valence-electron chi connectivity index (χ4n) is 3.10. The van der Waals surface area contributed by atoms with Gasteiger partial charge < -0.3 is 10.5 Å². The molecular formula is C21H19N5O2. The summed E-state index contributed by atoms with van der Waals surface area (Å²) >= 11 is 0. The van der Waals surface area contributed by atoms with Crippen LogP contribution in [0.3, 0.4) is 0 Å². The summed E-state index contributed by atoms with van der Waals surface area (Å²) in [6.45, 7) is 0. The number of aromatic nitrogens is 1. The zero-order valence-electron chi connectivity index (χ0n) is 15.3. The average molecular weight is 373 g/mol. The van der Waals surface area contributed by atoms with E-state index in [2.05, 4.69) is 27.1 Å². The molecule has 0 spiro atoms. The van der Waals surface area contributed by atoms with Crippen LogP contribution in [0.5, 0.6) is 5.75 Å². The molecule has 1 heterocycles. The minimum Gasteiger partial charge on any atom is -0.496 e. The van der Waals surface area contributed by atoms with Crippen molar-refractivity contribution in [1.82, 2.24) is 4.98 Å². The van der Waals surface area contributed by atoms with Crippen molar-refractivity contribution in [3.8, 4) is 5.75 Å². The van der Waals surface area contributed by atoms with Gasteiger partial charge in [0.2, 0.25) is 0 Å². The van der Waals surface area contributed by atoms with Gasteiger partial charge in [-0.2, -0.15) is 0 Å². The van der Waals surface area contributed by atoms with Gasteiger partial charge in [0.05, 0.1) is 18.4 Å². The number of hydrogen-bond donors (Lipinski definition) is 1. The molecule has 0 saturated carbocycles. The Hall–Kier alpha value is -3.83. The molecule has 0 saturated heterocycles. The molecule has 3 aromatic rings. The number of carbonyl (C=O) groups is 1. The second-order valence-corrected chi connectivity index (χ2v) is 6.18. The Bertz CT molecular complexity index is 1030. The zero-order chi connectivity index (χ0) is 19.9. The predicted octanol–water partition coefficient (Wildman–Crippen LogP) is 4.50. The number of rotatable bonds is 6. The van der Waals surface area contributed by atoms with Gasteiger partial charge in [-0.1, -0.05) is 42.5 Å². The molecular weight excluding hydrogens is 354 g/mol. The molecule has 0 fully saturated rings. The largest absolute Gasteiger partial charge is 0.496 e. The minimum absolute atomic E-state index is 0.0941. The van der Waals surface area contributed by atoms with E-state index in [1.165, 1.54) is 7.11 Å². The van der Waals surface area contributed by atoms with Crippen molar-refractivity contribution in [2.45, 2.75) is 12.3 Å². The van der Waals surface area contributed by atoms with Crippen LogP contribution in [0, 0.1) is 0 Å². The molecule has 0 aliphatic carbocycles. The molecule has 0 radical (unpaired) electrons. The predicted molar refractivity (Wildman–Crippen MR) is 107 cm³/mol. The average Bonchev–Trinajstić information content (AvgIpc) is 2.72. The molecule has 1 amide bonds. The van der Waals surface area contributed by atoms with Crippen LogP contribution in [0.4, 0.5) is 5.82 Å². The van der Waals surface area contributed by atoms with Gasteiger partial charge in [-0.25, -0.2) is 4.98 Å². The van der Waals surface area contributed by atoms with E-state index in [0.717, 1.165) is 16.8 Å². The number of benzene rings is 2. The van der Waals surface area contributed by atoms with Crippen LogP contribution in [-0.2, 0) is 6.42 Å². The molecule has 2 aromatic carbocycles. The van der Waals surface area contributed by atoms with Gasteiger partial charge in [0.25, 0.3) is 5.91 Å². The summed E-state index contributed by atoms with van der Waals surface area (Å²) in [6, 6.07) is 20.8. The molecule has 0 bridgehead atoms. The van der Waals surface area contributed by atoms with Crippen LogP contribution in [0.25, 0.3) is 10.4 Å². The van der Waals surface area contributed by atoms with E-state index in [9.17, 15) is 4.79 Å². The molecule has 7 nitrogen and oxygen atoms in total. The Morgan fingerprint density at radius 1 is 1.18 bits per heavy atom. The van der Waals surface area contributed by atoms with E-state index in [4.69, 9.17) is 16.0 Å². The molecule has 1 atom stereocenters. The highest BCUT2D eigenvalue weighted by Gasteiger charge is 2.20. The van der Waals surface area contributed by atoms with Crippen LogP contribution in [0.2, 0.25) is 0 Å². The normalized spacial score (nSPS) is 11.3. The number of pyridine rings is 1. The summed E-state index contributed by atoms with van der Waals surface area (Å²) in [7, 11) is 1.47. The van der Waals surface area contributed by atoms with E-state index in [-0.39, 0.29) is 11.5 Å². The number of anilines is 1. The van der Waals surface area contributed by atoms with Crippen LogP contribution < -0.4 is 10.5 Å². The molecule has 28 heavy (non-hydrogen) atoms. The smallest absolute Gasteiger partial charge is 0.252 e. The Labute approximate surface area is 162 Å². The zero-order valence-corrected chi connectivity index (χ0v) is 15.3. The lowest BCUT2D eigenvalue weighted by atomic mass is 9.88. The molecule has 2 N–H and O–H groups in total. The SMILES string of the molecule is COc1cc(C(Cc2ccccc2)c2cccc(N)n2)ccc1C(=O)N=[N+]=[N-]. The van der Waals surface area contributed by atoms with Gasteiger partial charge in [0, 0.05) is 10.8 Å². The maximum atomic E-state index is 12.0. The number of nitrogen functional groups attached to an aromatic ring is 1. The number of azide groups is 1. The Balaban J connectivity index is 2.07. The number of amides is 1. The first-order valence-corrected chi connectivity index (χ1v) is 8.66. The van der Waals surface area contributed by atoms with Gasteiger partial charge in [-0.3, -0.25) is 4.79 Å². The lowest BCUT2D eigenvalue weighted by Crippen LogP contribution is -2.09. The minimum atomic E-state index is -0.687. The number of nitrogens with two attached hydrogens (primary N) is 1. The first kappa shape index (κ1) is 18.9. The van der Waals surface area contributed by atoms with Crippen LogP contribution in [0.15, 0.2) is 71.8 Å². The van der Waals surface area contributed by atoms with Crippen LogP contribution >= 0.6 is 0 Å². The highest BCUT2D eigenvalue weighted by atomic mass is 16.5. The van der Waals surface area contributed by atoms with Gasteiger partial charge in [0.1, 0.15) is 11.6 Å². The summed E-state index contributed by atoms with van der Waals surface area (Å²) < 4.78 is 5.36. The third kappa shape index (κ3) is 4.28. The van der Waals surface area contributed by atoms with Crippen molar-refractivity contribution in [1.29, 1.82) is 0 Å². The number of hydrogen-bond acceptors (Lipinski definition) is 4. The van der Waals surface area contributed by atoms with E-state index in [0.29, 0.717) is 18.0 Å². The number of nitrogens with zero attached hydrogens (tertiary/aromatic N) is 4. The van der Waals surface area contributed by atoms with Crippen LogP contribution in [0.1, 0.15) is 33.1 Å². The second kappa shape index (κ2) is 8.70. The Morgan fingerprint density at radius 3 is 2.64 bits per heavy atom. The molecule has 0 aliphatic rings. The lowest BCUT2D eigenvalue weighted by molar-refractivity contribution is 0.0997. The standard InChI is InChI=1S/C21H19N5O2/c1-28-19-13-15(10-11-16(19)21(27)25-26-23)17(12-14-6-3-2-4-7-14)18-8-5-9-20(22)24-18/h2-11,13,17H,12H2,1H3,(H2,22,24). The van der Waals surface area contributed by atoms with E-state index >= 15 is 0 Å². The van der Waals surface area contributed by atoms with Crippen molar-refractivity contribution in [2.24, 2.45) is 5.11 Å². The van der Waals surface area contributed by atoms with Crippen molar-refractivity contribution in [3.05, 3.63) is 99.6 Å². The van der Waals surface area contributed by atoms with Crippen molar-refractivity contribution >= 4 is 11.7 Å². The second-order valence-electron chi connectivity index (χ2n) is 6.18. The number of methoxy groups -OCH3 is 1. The highest BCUT2D eigenvalue weighted by molar-refractivity contribution is 5.97. The fourth-order valence-corrected chi connectivity index (χ4v) is 3.10. The Kier molecular flexibility index (Phi) is 5.89. The third-order valence-electron chi connectivity index (χ3n) is 4.43. The molecule has 1 unspecified atom stereocenters. The number of ether oxygens (including phenoxy) is 1. The van der Waals surface area contributed by atoms with Gasteiger partial charge in [0.15, 0.2) is 0 Å². The maximum Gasteiger partial charge on any atom is 0.252 e. The van der Waals surface area contributed by atoms with Gasteiger partial charge in [-0.15, -0.1) is 0 Å². The summed E-state index contributed by atoms with van der Waals surface area (Å²) in [5, 5.41) is 3.15. The molecule has 0 aliphatic heterocycles. The fraction of sp³-hybridized carbons (Fsp3) is 0.143. The lowest BCUT2D eigenvalue weighted by Gasteiger charge is -2.19. The van der Waals surface area contributed by atoms with Crippen LogP contribution in [-0.4, -0.2) is 18.0 Å². The van der Waals surface area contributed by atoms with E-state index in [1.54, 1.807) is 18.2 Å². The van der Waals surface area contributed by atoms with Gasteiger partial charge in [-0.05, 0) is 52.5 Å². The first-order valence-electron chi connectivity index (χ1n) is 8.66. The molecule has 7 heteroatoms. The first-order chi connectivity index (χ1) is 13.6. The summed E-state index contributed by atoms with van der Waals surface area (Å²) in [4.78, 5) is 19.0. The summed E-state index contributed by atoms with van der Waals surface area (Å²) in [5.74, 6) is 0.00515. The van der Waals surface area contributed by atoms with Crippen molar-refractivity contribution in [2.75, 3.05) is 12.8 Å². The van der Waals surface area contributed by atoms with Crippen molar-refractivity contribution in [3.63, 3.8) is 0 Å². The topological polar surface area (TPSA) is 114 Å². The molecule has 3 rings (SSSR count). The van der Waals surface area contributed by atoms with Gasteiger partial charge >= 0.3 is 0 Å². The monoisotopic (exact) mass is 373 g/mol. The molecule has 140 valence electrons. The number of carbonyl (C=O) groups excluding carboxylic acids is 1. The summed E-state index contributed by atoms with van der Waals surface area (Å²) in [5.41, 5.74) is 17.5.